The Hall–Kier alpha value is -3.61. The first-order valence-electron chi connectivity index (χ1n) is 8.29. The fraction of sp³-hybridized carbons (Fsp3) is 0.105. The van der Waals surface area contributed by atoms with E-state index in [0.717, 1.165) is 27.6 Å². The standard InChI is InChI=1S/C19H15N5O2/c1-2-25-19-23-13-9-11(7-8-15(13)26-19)24-14-6-4-3-5-12(14)16-17(24)18(20)22-10-21-16/h3-10H,2H2,1H3,(H2,20,21,22). The number of rotatable bonds is 3. The van der Waals surface area contributed by atoms with Gasteiger partial charge >= 0.3 is 6.08 Å². The molecule has 5 rings (SSSR count). The summed E-state index contributed by atoms with van der Waals surface area (Å²) in [7, 11) is 0. The van der Waals surface area contributed by atoms with Gasteiger partial charge in [0.05, 0.1) is 12.1 Å². The second-order valence-electron chi connectivity index (χ2n) is 5.87. The molecule has 0 atom stereocenters. The largest absolute Gasteiger partial charge is 0.450 e. The second kappa shape index (κ2) is 5.45. The van der Waals surface area contributed by atoms with Crippen LogP contribution in [0.15, 0.2) is 53.2 Å². The van der Waals surface area contributed by atoms with Gasteiger partial charge in [-0.05, 0) is 31.2 Å². The zero-order valence-electron chi connectivity index (χ0n) is 14.0. The maximum absolute atomic E-state index is 6.19. The van der Waals surface area contributed by atoms with Gasteiger partial charge in [-0.15, -0.1) is 0 Å². The van der Waals surface area contributed by atoms with Crippen LogP contribution in [-0.4, -0.2) is 26.1 Å². The van der Waals surface area contributed by atoms with Crippen molar-refractivity contribution in [3.8, 4) is 11.8 Å². The summed E-state index contributed by atoms with van der Waals surface area (Å²) in [5.74, 6) is 0.432. The number of anilines is 1. The Morgan fingerprint density at radius 3 is 2.92 bits per heavy atom. The van der Waals surface area contributed by atoms with Crippen LogP contribution in [0, 0.1) is 0 Å². The van der Waals surface area contributed by atoms with Crippen molar-refractivity contribution in [1.82, 2.24) is 19.5 Å². The van der Waals surface area contributed by atoms with E-state index in [2.05, 4.69) is 19.5 Å². The molecule has 3 heterocycles. The smallest absolute Gasteiger partial charge is 0.394 e. The van der Waals surface area contributed by atoms with Crippen LogP contribution in [-0.2, 0) is 0 Å². The van der Waals surface area contributed by atoms with Gasteiger partial charge in [0.15, 0.2) is 11.4 Å². The molecule has 0 spiro atoms. The predicted molar refractivity (Wildman–Crippen MR) is 99.5 cm³/mol. The Morgan fingerprint density at radius 2 is 2.04 bits per heavy atom. The van der Waals surface area contributed by atoms with E-state index in [1.54, 1.807) is 0 Å². The van der Waals surface area contributed by atoms with Crippen LogP contribution in [0.4, 0.5) is 5.82 Å². The van der Waals surface area contributed by atoms with Crippen molar-refractivity contribution in [1.29, 1.82) is 0 Å². The molecule has 0 saturated carbocycles. The van der Waals surface area contributed by atoms with E-state index in [1.807, 2.05) is 49.4 Å². The zero-order valence-corrected chi connectivity index (χ0v) is 14.0. The van der Waals surface area contributed by atoms with Crippen LogP contribution in [0.2, 0.25) is 0 Å². The molecule has 0 aliphatic heterocycles. The highest BCUT2D eigenvalue weighted by Crippen LogP contribution is 2.34. The van der Waals surface area contributed by atoms with Gasteiger partial charge in [-0.2, -0.15) is 4.98 Å². The summed E-state index contributed by atoms with van der Waals surface area (Å²) in [6.45, 7) is 2.39. The van der Waals surface area contributed by atoms with Crippen molar-refractivity contribution < 1.29 is 9.15 Å². The van der Waals surface area contributed by atoms with E-state index in [9.17, 15) is 0 Å². The number of ether oxygens (including phenoxy) is 1. The van der Waals surface area contributed by atoms with Gasteiger partial charge in [0.2, 0.25) is 0 Å². The summed E-state index contributed by atoms with van der Waals surface area (Å²) in [6.07, 6.45) is 1.76. The van der Waals surface area contributed by atoms with Crippen LogP contribution in [0.25, 0.3) is 38.7 Å². The predicted octanol–water partition coefficient (Wildman–Crippen LogP) is 3.70. The van der Waals surface area contributed by atoms with Crippen molar-refractivity contribution in [2.45, 2.75) is 6.92 Å². The van der Waals surface area contributed by atoms with Gasteiger partial charge in [-0.1, -0.05) is 18.2 Å². The first-order valence-corrected chi connectivity index (χ1v) is 8.29. The molecule has 0 amide bonds. The summed E-state index contributed by atoms with van der Waals surface area (Å²) in [5, 5.41) is 1.02. The van der Waals surface area contributed by atoms with Gasteiger partial charge in [-0.3, -0.25) is 0 Å². The molecular weight excluding hydrogens is 330 g/mol. The summed E-state index contributed by atoms with van der Waals surface area (Å²) >= 11 is 0. The third kappa shape index (κ3) is 2.03. The van der Waals surface area contributed by atoms with Crippen LogP contribution < -0.4 is 10.5 Å². The van der Waals surface area contributed by atoms with Crippen molar-refractivity contribution in [3.63, 3.8) is 0 Å². The SMILES string of the molecule is CCOc1nc2cc(-n3c4ccccc4c4ncnc(N)c43)ccc2o1. The molecule has 2 aromatic carbocycles. The molecule has 0 unspecified atom stereocenters. The minimum absolute atomic E-state index is 0.268. The molecule has 0 radical (unpaired) electrons. The van der Waals surface area contributed by atoms with Crippen LogP contribution in [0.5, 0.6) is 6.08 Å². The zero-order chi connectivity index (χ0) is 17.7. The molecular formula is C19H15N5O2. The van der Waals surface area contributed by atoms with Crippen molar-refractivity contribution in [2.24, 2.45) is 0 Å². The molecule has 0 aliphatic rings. The van der Waals surface area contributed by atoms with Crippen LogP contribution in [0.3, 0.4) is 0 Å². The lowest BCUT2D eigenvalue weighted by Gasteiger charge is -2.08. The Bertz CT molecular complexity index is 1270. The average Bonchev–Trinajstić information content (AvgIpc) is 3.20. The Morgan fingerprint density at radius 1 is 1.15 bits per heavy atom. The number of aromatic nitrogens is 4. The van der Waals surface area contributed by atoms with E-state index in [0.29, 0.717) is 23.5 Å². The third-order valence-electron chi connectivity index (χ3n) is 4.35. The number of nitrogens with two attached hydrogens (primary N) is 1. The van der Waals surface area contributed by atoms with Crippen molar-refractivity contribution in [2.75, 3.05) is 12.3 Å². The van der Waals surface area contributed by atoms with Crippen molar-refractivity contribution >= 4 is 38.9 Å². The monoisotopic (exact) mass is 345 g/mol. The molecule has 7 heteroatoms. The normalized spacial score (nSPS) is 11.6. The Kier molecular flexibility index (Phi) is 3.08. The van der Waals surface area contributed by atoms with Crippen LogP contribution >= 0.6 is 0 Å². The fourth-order valence-corrected chi connectivity index (χ4v) is 3.29. The number of hydrogen-bond donors (Lipinski definition) is 1. The number of oxazole rings is 1. The van der Waals surface area contributed by atoms with E-state index in [-0.39, 0.29) is 6.08 Å². The summed E-state index contributed by atoms with van der Waals surface area (Å²) < 4.78 is 13.0. The highest BCUT2D eigenvalue weighted by Gasteiger charge is 2.17. The molecule has 0 fully saturated rings. The molecule has 0 aliphatic carbocycles. The van der Waals surface area contributed by atoms with E-state index in [1.165, 1.54) is 6.33 Å². The maximum atomic E-state index is 6.19. The average molecular weight is 345 g/mol. The summed E-state index contributed by atoms with van der Waals surface area (Å²) in [5.41, 5.74) is 11.1. The van der Waals surface area contributed by atoms with Gasteiger partial charge in [0, 0.05) is 11.1 Å². The highest BCUT2D eigenvalue weighted by atomic mass is 16.6. The lowest BCUT2D eigenvalue weighted by molar-refractivity contribution is 0.251. The molecule has 2 N–H and O–H groups in total. The molecule has 26 heavy (non-hydrogen) atoms. The summed E-state index contributed by atoms with van der Waals surface area (Å²) in [6, 6.07) is 13.8. The van der Waals surface area contributed by atoms with Crippen molar-refractivity contribution in [3.05, 3.63) is 48.8 Å². The van der Waals surface area contributed by atoms with Gasteiger partial charge in [0.1, 0.15) is 22.9 Å². The van der Waals surface area contributed by atoms with Crippen LogP contribution in [0.1, 0.15) is 6.92 Å². The Balaban J connectivity index is 1.84. The number of nitrogen functional groups attached to an aromatic ring is 1. The first kappa shape index (κ1) is 14.7. The van der Waals surface area contributed by atoms with E-state index < -0.39 is 0 Å². The topological polar surface area (TPSA) is 92.0 Å². The number of benzene rings is 2. The minimum atomic E-state index is 0.268. The molecule has 0 saturated heterocycles. The molecule has 0 bridgehead atoms. The number of fused-ring (bicyclic) bond motifs is 4. The quantitative estimate of drug-likeness (QED) is 0.536. The van der Waals surface area contributed by atoms with Gasteiger partial charge < -0.3 is 19.5 Å². The van der Waals surface area contributed by atoms with E-state index in [4.69, 9.17) is 14.9 Å². The van der Waals surface area contributed by atoms with Gasteiger partial charge in [-0.25, -0.2) is 9.97 Å². The minimum Gasteiger partial charge on any atom is -0.450 e. The second-order valence-corrected chi connectivity index (χ2v) is 5.87. The number of nitrogens with zero attached hydrogens (tertiary/aromatic N) is 4. The van der Waals surface area contributed by atoms with E-state index >= 15 is 0 Å². The lowest BCUT2D eigenvalue weighted by Crippen LogP contribution is -1.99. The van der Waals surface area contributed by atoms with Gasteiger partial charge in [0.25, 0.3) is 0 Å². The number of hydrogen-bond acceptors (Lipinski definition) is 6. The fourth-order valence-electron chi connectivity index (χ4n) is 3.29. The molecule has 7 nitrogen and oxygen atoms in total. The lowest BCUT2D eigenvalue weighted by atomic mass is 10.2. The molecule has 5 aromatic rings. The number of para-hydroxylation sites is 1. The summed E-state index contributed by atoms with van der Waals surface area (Å²) in [4.78, 5) is 13.0. The highest BCUT2D eigenvalue weighted by molar-refractivity contribution is 6.10. The third-order valence-corrected chi connectivity index (χ3v) is 4.35. The molecule has 128 valence electrons. The maximum Gasteiger partial charge on any atom is 0.394 e. The first-order chi connectivity index (χ1) is 12.8. The Labute approximate surface area is 148 Å². The molecule has 3 aromatic heterocycles.